The lowest BCUT2D eigenvalue weighted by Crippen LogP contribution is -2.42. The summed E-state index contributed by atoms with van der Waals surface area (Å²) in [5, 5.41) is 12.5. The van der Waals surface area contributed by atoms with Gasteiger partial charge in [-0.3, -0.25) is 14.6 Å². The summed E-state index contributed by atoms with van der Waals surface area (Å²) in [6, 6.07) is 13.8. The maximum absolute atomic E-state index is 12.8. The molecular weight excluding hydrogens is 370 g/mol. The number of anilines is 1. The molecule has 4 rings (SSSR count). The predicted molar refractivity (Wildman–Crippen MR) is 107 cm³/mol. The number of piperidine rings is 1. The molecule has 7 nitrogen and oxygen atoms in total. The van der Waals surface area contributed by atoms with Gasteiger partial charge >= 0.3 is 0 Å². The molecule has 3 aromatic rings. The van der Waals surface area contributed by atoms with E-state index in [1.807, 2.05) is 6.07 Å². The van der Waals surface area contributed by atoms with Crippen LogP contribution < -0.4 is 5.32 Å². The second-order valence-electron chi connectivity index (χ2n) is 6.99. The van der Waals surface area contributed by atoms with Crippen LogP contribution in [-0.4, -0.2) is 46.0 Å². The van der Waals surface area contributed by atoms with Crippen molar-refractivity contribution in [2.45, 2.75) is 18.9 Å². The summed E-state index contributed by atoms with van der Waals surface area (Å²) in [5.74, 6) is 0.167. The molecule has 0 saturated carbocycles. The fourth-order valence-electron chi connectivity index (χ4n) is 3.37. The Morgan fingerprint density at radius 2 is 2.07 bits per heavy atom. The van der Waals surface area contributed by atoms with Crippen molar-refractivity contribution in [3.8, 4) is 11.3 Å². The number of carbonyl (C=O) groups is 2. The molecule has 1 saturated heterocycles. The third kappa shape index (κ3) is 4.35. The second-order valence-corrected chi connectivity index (χ2v) is 6.99. The molecule has 2 aromatic heterocycles. The Morgan fingerprint density at radius 1 is 1.17 bits per heavy atom. The van der Waals surface area contributed by atoms with E-state index < -0.39 is 6.10 Å². The van der Waals surface area contributed by atoms with Crippen LogP contribution in [0.2, 0.25) is 0 Å². The first kappa shape index (κ1) is 18.9. The number of benzene rings is 1. The number of likely N-dealkylation sites (tertiary alicyclic amines) is 1. The number of rotatable bonds is 4. The standard InChI is InChI=1S/C22H21N3O4/c26-18-7-3-11-25(14-18)22(28)16-5-1-4-15(12-16)19-8-9-20(29-19)21(27)24-17-6-2-10-23-13-17/h1-2,4-6,8-10,12-13,18,26H,3,7,11,14H2,(H,24,27). The smallest absolute Gasteiger partial charge is 0.291 e. The van der Waals surface area contributed by atoms with Gasteiger partial charge in [0.05, 0.1) is 18.0 Å². The molecule has 7 heteroatoms. The van der Waals surface area contributed by atoms with Crippen molar-refractivity contribution in [2.75, 3.05) is 18.4 Å². The lowest BCUT2D eigenvalue weighted by atomic mass is 10.0. The number of furan rings is 1. The number of β-amino-alcohol motifs (C(OH)–C–C–N with tert-alkyl or cyclic N) is 1. The van der Waals surface area contributed by atoms with Crippen LogP contribution in [0.1, 0.15) is 33.8 Å². The molecule has 1 fully saturated rings. The molecule has 29 heavy (non-hydrogen) atoms. The van der Waals surface area contributed by atoms with E-state index in [4.69, 9.17) is 4.42 Å². The monoisotopic (exact) mass is 391 g/mol. The first-order valence-electron chi connectivity index (χ1n) is 9.49. The summed E-state index contributed by atoms with van der Waals surface area (Å²) >= 11 is 0. The van der Waals surface area contributed by atoms with Crippen molar-refractivity contribution >= 4 is 17.5 Å². The van der Waals surface area contributed by atoms with Gasteiger partial charge in [-0.15, -0.1) is 0 Å². The third-order valence-corrected chi connectivity index (χ3v) is 4.83. The van der Waals surface area contributed by atoms with Crippen molar-refractivity contribution < 1.29 is 19.1 Å². The van der Waals surface area contributed by atoms with Gasteiger partial charge in [-0.25, -0.2) is 0 Å². The molecule has 1 aromatic carbocycles. The molecule has 0 radical (unpaired) electrons. The summed E-state index contributed by atoms with van der Waals surface area (Å²) in [5.41, 5.74) is 1.80. The number of nitrogens with one attached hydrogen (secondary N) is 1. The van der Waals surface area contributed by atoms with Gasteiger partial charge in [-0.05, 0) is 49.2 Å². The van der Waals surface area contributed by atoms with E-state index in [0.29, 0.717) is 35.7 Å². The van der Waals surface area contributed by atoms with Gasteiger partial charge in [0, 0.05) is 30.4 Å². The highest BCUT2D eigenvalue weighted by molar-refractivity contribution is 6.02. The number of nitrogens with zero attached hydrogens (tertiary/aromatic N) is 2. The Balaban J connectivity index is 1.50. The molecule has 1 aliphatic heterocycles. The molecule has 1 aliphatic rings. The molecule has 2 N–H and O–H groups in total. The molecule has 0 aliphatic carbocycles. The van der Waals surface area contributed by atoms with E-state index in [1.165, 1.54) is 0 Å². The number of hydrogen-bond acceptors (Lipinski definition) is 5. The summed E-state index contributed by atoms with van der Waals surface area (Å²) in [4.78, 5) is 30.7. The predicted octanol–water partition coefficient (Wildman–Crippen LogP) is 3.19. The SMILES string of the molecule is O=C(Nc1cccnc1)c1ccc(-c2cccc(C(=O)N3CCCC(O)C3)c2)o1. The van der Waals surface area contributed by atoms with Gasteiger partial charge in [0.15, 0.2) is 5.76 Å². The first-order valence-corrected chi connectivity index (χ1v) is 9.49. The largest absolute Gasteiger partial charge is 0.451 e. The van der Waals surface area contributed by atoms with Crippen molar-refractivity contribution in [1.82, 2.24) is 9.88 Å². The Labute approximate surface area is 168 Å². The minimum atomic E-state index is -0.471. The van der Waals surface area contributed by atoms with Crippen LogP contribution in [0.15, 0.2) is 65.3 Å². The minimum absolute atomic E-state index is 0.119. The van der Waals surface area contributed by atoms with Gasteiger partial charge in [0.25, 0.3) is 11.8 Å². The van der Waals surface area contributed by atoms with E-state index in [0.717, 1.165) is 12.8 Å². The van der Waals surface area contributed by atoms with E-state index in [1.54, 1.807) is 59.8 Å². The number of carbonyl (C=O) groups excluding carboxylic acids is 2. The van der Waals surface area contributed by atoms with Crippen molar-refractivity contribution in [2.24, 2.45) is 0 Å². The van der Waals surface area contributed by atoms with Gasteiger partial charge < -0.3 is 19.7 Å². The molecule has 3 heterocycles. The van der Waals surface area contributed by atoms with Gasteiger partial charge in [-0.1, -0.05) is 12.1 Å². The van der Waals surface area contributed by atoms with Crippen LogP contribution in [0.4, 0.5) is 5.69 Å². The van der Waals surface area contributed by atoms with E-state index in [9.17, 15) is 14.7 Å². The Hall–Kier alpha value is -3.45. The zero-order valence-corrected chi connectivity index (χ0v) is 15.7. The van der Waals surface area contributed by atoms with Crippen molar-refractivity contribution in [3.63, 3.8) is 0 Å². The highest BCUT2D eigenvalue weighted by atomic mass is 16.3. The number of hydrogen-bond donors (Lipinski definition) is 2. The lowest BCUT2D eigenvalue weighted by molar-refractivity contribution is 0.0474. The summed E-state index contributed by atoms with van der Waals surface area (Å²) in [7, 11) is 0. The Kier molecular flexibility index (Phi) is 5.39. The van der Waals surface area contributed by atoms with Crippen LogP contribution in [0.25, 0.3) is 11.3 Å². The molecule has 148 valence electrons. The van der Waals surface area contributed by atoms with Gasteiger partial charge in [-0.2, -0.15) is 0 Å². The van der Waals surface area contributed by atoms with E-state index in [2.05, 4.69) is 10.3 Å². The highest BCUT2D eigenvalue weighted by Gasteiger charge is 2.23. The highest BCUT2D eigenvalue weighted by Crippen LogP contribution is 2.25. The van der Waals surface area contributed by atoms with Crippen LogP contribution in [0.3, 0.4) is 0 Å². The number of pyridine rings is 1. The fourth-order valence-corrected chi connectivity index (χ4v) is 3.37. The average Bonchev–Trinajstić information content (AvgIpc) is 3.25. The number of aliphatic hydroxyl groups excluding tert-OH is 1. The number of aromatic nitrogens is 1. The van der Waals surface area contributed by atoms with Crippen molar-refractivity contribution in [1.29, 1.82) is 0 Å². The quantitative estimate of drug-likeness (QED) is 0.712. The fraction of sp³-hybridized carbons (Fsp3) is 0.227. The lowest BCUT2D eigenvalue weighted by Gasteiger charge is -2.30. The second kappa shape index (κ2) is 8.28. The third-order valence-electron chi connectivity index (χ3n) is 4.83. The van der Waals surface area contributed by atoms with E-state index in [-0.39, 0.29) is 17.6 Å². The van der Waals surface area contributed by atoms with Crippen LogP contribution in [0, 0.1) is 0 Å². The summed E-state index contributed by atoms with van der Waals surface area (Å²) in [6.45, 7) is 0.988. The average molecular weight is 391 g/mol. The minimum Gasteiger partial charge on any atom is -0.451 e. The molecule has 1 atom stereocenters. The Bertz CT molecular complexity index is 1020. The van der Waals surface area contributed by atoms with Crippen LogP contribution >= 0.6 is 0 Å². The molecular formula is C22H21N3O4. The van der Waals surface area contributed by atoms with E-state index >= 15 is 0 Å². The van der Waals surface area contributed by atoms with Crippen LogP contribution in [-0.2, 0) is 0 Å². The molecule has 0 bridgehead atoms. The van der Waals surface area contributed by atoms with Crippen molar-refractivity contribution in [3.05, 3.63) is 72.2 Å². The number of amides is 2. The maximum atomic E-state index is 12.8. The molecule has 1 unspecified atom stereocenters. The maximum Gasteiger partial charge on any atom is 0.291 e. The Morgan fingerprint density at radius 3 is 2.86 bits per heavy atom. The summed E-state index contributed by atoms with van der Waals surface area (Å²) in [6.07, 6.45) is 4.22. The normalized spacial score (nSPS) is 16.4. The zero-order valence-electron chi connectivity index (χ0n) is 15.7. The number of aliphatic hydroxyl groups is 1. The summed E-state index contributed by atoms with van der Waals surface area (Å²) < 4.78 is 5.70. The topological polar surface area (TPSA) is 95.7 Å². The van der Waals surface area contributed by atoms with Crippen LogP contribution in [0.5, 0.6) is 0 Å². The van der Waals surface area contributed by atoms with Gasteiger partial charge in [0.1, 0.15) is 5.76 Å². The molecule has 2 amide bonds. The zero-order chi connectivity index (χ0) is 20.2. The molecule has 0 spiro atoms. The first-order chi connectivity index (χ1) is 14.1. The van der Waals surface area contributed by atoms with Gasteiger partial charge in [0.2, 0.25) is 0 Å².